The number of aldehydes is 1. The Balaban J connectivity index is 1.90. The minimum Gasteiger partial charge on any atom is -0.462 e. The van der Waals surface area contributed by atoms with Gasteiger partial charge in [-0.3, -0.25) is 4.79 Å². The molecule has 0 aromatic rings. The third-order valence-electron chi connectivity index (χ3n) is 5.23. The van der Waals surface area contributed by atoms with Gasteiger partial charge in [0.2, 0.25) is 0 Å². The Hall–Kier alpha value is -0.860. The molecule has 1 aliphatic heterocycles. The van der Waals surface area contributed by atoms with Crippen LogP contribution in [0.2, 0.25) is 0 Å². The van der Waals surface area contributed by atoms with E-state index in [2.05, 4.69) is 0 Å². The van der Waals surface area contributed by atoms with E-state index in [1.807, 2.05) is 6.92 Å². The first-order valence-electron chi connectivity index (χ1n) is 6.88. The summed E-state index contributed by atoms with van der Waals surface area (Å²) in [6.45, 7) is 1.95. The summed E-state index contributed by atoms with van der Waals surface area (Å²) in [4.78, 5) is 23.3. The Morgan fingerprint density at radius 3 is 2.82 bits per heavy atom. The van der Waals surface area contributed by atoms with E-state index >= 15 is 0 Å². The molecule has 3 heteroatoms. The number of esters is 1. The largest absolute Gasteiger partial charge is 0.462 e. The van der Waals surface area contributed by atoms with Crippen LogP contribution in [0.3, 0.4) is 0 Å². The maximum absolute atomic E-state index is 11.8. The topological polar surface area (TPSA) is 43.4 Å². The van der Waals surface area contributed by atoms with Gasteiger partial charge in [-0.1, -0.05) is 19.3 Å². The van der Waals surface area contributed by atoms with Crippen LogP contribution >= 0.6 is 0 Å². The number of rotatable bonds is 1. The van der Waals surface area contributed by atoms with E-state index in [4.69, 9.17) is 4.74 Å². The first kappa shape index (κ1) is 11.2. The molecule has 0 bridgehead atoms. The molecular weight excluding hydrogens is 216 g/mol. The van der Waals surface area contributed by atoms with Gasteiger partial charge in [-0.2, -0.15) is 0 Å². The van der Waals surface area contributed by atoms with Gasteiger partial charge in [0.1, 0.15) is 12.4 Å². The van der Waals surface area contributed by atoms with Crippen LogP contribution in [0.25, 0.3) is 0 Å². The van der Waals surface area contributed by atoms with Gasteiger partial charge in [0.15, 0.2) is 0 Å². The van der Waals surface area contributed by atoms with Crippen molar-refractivity contribution in [1.29, 1.82) is 0 Å². The van der Waals surface area contributed by atoms with Crippen LogP contribution < -0.4 is 0 Å². The number of hydrogen-bond donors (Lipinski definition) is 0. The van der Waals surface area contributed by atoms with Gasteiger partial charge in [-0.15, -0.1) is 0 Å². The molecule has 0 unspecified atom stereocenters. The molecule has 3 aliphatic rings. The highest BCUT2D eigenvalue weighted by Gasteiger charge is 2.54. The maximum Gasteiger partial charge on any atom is 0.309 e. The smallest absolute Gasteiger partial charge is 0.309 e. The Morgan fingerprint density at radius 1 is 1.29 bits per heavy atom. The number of carbonyl (C=O) groups is 2. The molecule has 6 atom stereocenters. The van der Waals surface area contributed by atoms with Gasteiger partial charge in [0, 0.05) is 11.8 Å². The molecule has 0 aromatic carbocycles. The van der Waals surface area contributed by atoms with Crippen LogP contribution in [0.15, 0.2) is 0 Å². The lowest BCUT2D eigenvalue weighted by atomic mass is 9.58. The van der Waals surface area contributed by atoms with Crippen LogP contribution in [-0.2, 0) is 14.3 Å². The molecule has 0 spiro atoms. The van der Waals surface area contributed by atoms with Crippen LogP contribution in [-0.4, -0.2) is 18.4 Å². The standard InChI is InChI=1S/C14H20O3/c1-8-13-11(14(16)17-8)6-9-4-2-3-5-10(9)12(13)7-15/h7-13H,2-6H2,1H3/t8-,9+,10-,11-,12+,13-/m0/s1. The molecule has 0 amide bonds. The average molecular weight is 236 g/mol. The second-order valence-electron chi connectivity index (χ2n) is 5.98. The Kier molecular flexibility index (Phi) is 2.72. The molecule has 17 heavy (non-hydrogen) atoms. The second kappa shape index (κ2) is 4.11. The molecule has 3 nitrogen and oxygen atoms in total. The predicted octanol–water partition coefficient (Wildman–Crippen LogP) is 2.19. The summed E-state index contributed by atoms with van der Waals surface area (Å²) in [5.74, 6) is 1.25. The van der Waals surface area contributed by atoms with Crippen molar-refractivity contribution in [2.75, 3.05) is 0 Å². The third-order valence-corrected chi connectivity index (χ3v) is 5.23. The van der Waals surface area contributed by atoms with Crippen LogP contribution in [0.5, 0.6) is 0 Å². The van der Waals surface area contributed by atoms with E-state index in [1.165, 1.54) is 19.3 Å². The number of hydrogen-bond acceptors (Lipinski definition) is 3. The van der Waals surface area contributed by atoms with Crippen molar-refractivity contribution in [2.45, 2.75) is 45.1 Å². The number of cyclic esters (lactones) is 1. The molecular formula is C14H20O3. The SMILES string of the molecule is C[C@@H]1OC(=O)[C@H]2C[C@H]3CCCC[C@@H]3[C@@H](C=O)[C@@H]12. The Morgan fingerprint density at radius 2 is 2.06 bits per heavy atom. The van der Waals surface area contributed by atoms with Gasteiger partial charge in [-0.25, -0.2) is 0 Å². The minimum atomic E-state index is -0.0643. The fourth-order valence-electron chi connectivity index (χ4n) is 4.51. The molecule has 0 N–H and O–H groups in total. The lowest BCUT2D eigenvalue weighted by Gasteiger charge is -2.44. The first-order chi connectivity index (χ1) is 8.22. The molecule has 3 fully saturated rings. The van der Waals surface area contributed by atoms with Crippen LogP contribution in [0.4, 0.5) is 0 Å². The summed E-state index contributed by atoms with van der Waals surface area (Å²) >= 11 is 0. The maximum atomic E-state index is 11.8. The van der Waals surface area contributed by atoms with Gasteiger partial charge < -0.3 is 9.53 Å². The number of carbonyl (C=O) groups excluding carboxylic acids is 2. The van der Waals surface area contributed by atoms with Crippen molar-refractivity contribution in [3.05, 3.63) is 0 Å². The monoisotopic (exact) mass is 236 g/mol. The summed E-state index contributed by atoms with van der Waals surface area (Å²) < 4.78 is 5.35. The zero-order chi connectivity index (χ0) is 12.0. The van der Waals surface area contributed by atoms with Gasteiger partial charge in [-0.05, 0) is 31.6 Å². The molecule has 3 rings (SSSR count). The highest BCUT2D eigenvalue weighted by molar-refractivity contribution is 5.76. The van der Waals surface area contributed by atoms with E-state index in [9.17, 15) is 9.59 Å². The second-order valence-corrected chi connectivity index (χ2v) is 5.98. The molecule has 94 valence electrons. The number of fused-ring (bicyclic) bond motifs is 2. The highest BCUT2D eigenvalue weighted by Crippen LogP contribution is 2.52. The van der Waals surface area contributed by atoms with Crippen molar-refractivity contribution in [3.63, 3.8) is 0 Å². The van der Waals surface area contributed by atoms with Crippen molar-refractivity contribution < 1.29 is 14.3 Å². The van der Waals surface area contributed by atoms with Gasteiger partial charge in [0.05, 0.1) is 5.92 Å². The van der Waals surface area contributed by atoms with Crippen LogP contribution in [0.1, 0.15) is 39.0 Å². The molecule has 2 aliphatic carbocycles. The lowest BCUT2D eigenvalue weighted by Crippen LogP contribution is -2.44. The quantitative estimate of drug-likeness (QED) is 0.518. The average Bonchev–Trinajstić information content (AvgIpc) is 2.62. The van der Waals surface area contributed by atoms with Crippen molar-refractivity contribution >= 4 is 12.3 Å². The van der Waals surface area contributed by atoms with E-state index in [0.717, 1.165) is 19.1 Å². The minimum absolute atomic E-state index is 0.000417. The summed E-state index contributed by atoms with van der Waals surface area (Å²) in [5.41, 5.74) is 0. The van der Waals surface area contributed by atoms with E-state index in [0.29, 0.717) is 11.8 Å². The number of ether oxygens (including phenoxy) is 1. The lowest BCUT2D eigenvalue weighted by molar-refractivity contribution is -0.144. The van der Waals surface area contributed by atoms with E-state index < -0.39 is 0 Å². The zero-order valence-electron chi connectivity index (χ0n) is 10.3. The predicted molar refractivity (Wildman–Crippen MR) is 62.2 cm³/mol. The zero-order valence-corrected chi connectivity index (χ0v) is 10.3. The van der Waals surface area contributed by atoms with Gasteiger partial charge in [0.25, 0.3) is 0 Å². The molecule has 2 saturated carbocycles. The normalized spacial score (nSPS) is 49.1. The Labute approximate surface area is 102 Å². The Bertz CT molecular complexity index is 338. The van der Waals surface area contributed by atoms with Crippen molar-refractivity contribution in [2.24, 2.45) is 29.6 Å². The van der Waals surface area contributed by atoms with Crippen molar-refractivity contribution in [3.8, 4) is 0 Å². The first-order valence-corrected chi connectivity index (χ1v) is 6.88. The highest BCUT2D eigenvalue weighted by atomic mass is 16.6. The summed E-state index contributed by atoms with van der Waals surface area (Å²) in [6, 6.07) is 0. The summed E-state index contributed by atoms with van der Waals surface area (Å²) in [6.07, 6.45) is 6.87. The molecule has 1 saturated heterocycles. The summed E-state index contributed by atoms with van der Waals surface area (Å²) in [5, 5.41) is 0. The third kappa shape index (κ3) is 1.62. The van der Waals surface area contributed by atoms with Crippen molar-refractivity contribution in [1.82, 2.24) is 0 Å². The van der Waals surface area contributed by atoms with Crippen LogP contribution in [0, 0.1) is 29.6 Å². The molecule has 0 radical (unpaired) electrons. The van der Waals surface area contributed by atoms with Gasteiger partial charge >= 0.3 is 5.97 Å². The molecule has 1 heterocycles. The fourth-order valence-corrected chi connectivity index (χ4v) is 4.51. The fraction of sp³-hybridized carbons (Fsp3) is 0.857. The summed E-state index contributed by atoms with van der Waals surface area (Å²) in [7, 11) is 0. The van der Waals surface area contributed by atoms with E-state index in [1.54, 1.807) is 0 Å². The van der Waals surface area contributed by atoms with E-state index in [-0.39, 0.29) is 29.8 Å². The molecule has 0 aromatic heterocycles.